The lowest BCUT2D eigenvalue weighted by molar-refractivity contribution is 0.414. The highest BCUT2D eigenvalue weighted by atomic mass is 16.5. The number of aryl methyl sites for hydroxylation is 2. The van der Waals surface area contributed by atoms with Gasteiger partial charge in [0.2, 0.25) is 0 Å². The largest absolute Gasteiger partial charge is 0.497 e. The Morgan fingerprint density at radius 2 is 1.10 bits per heavy atom. The van der Waals surface area contributed by atoms with Gasteiger partial charge in [-0.15, -0.1) is 0 Å². The lowest BCUT2D eigenvalue weighted by Crippen LogP contribution is -2.00. The second kappa shape index (κ2) is 7.81. The normalized spacial score (nSPS) is 11.1. The fourth-order valence-electron chi connectivity index (χ4n) is 4.33. The molecule has 4 aromatic carbocycles. The monoisotopic (exact) mass is 403 g/mol. The molecule has 0 aliphatic rings. The van der Waals surface area contributed by atoms with E-state index < -0.39 is 0 Å². The van der Waals surface area contributed by atoms with E-state index >= 15 is 0 Å². The Kier molecular flexibility index (Phi) is 4.83. The molecule has 0 spiro atoms. The molecule has 0 amide bonds. The molecule has 0 saturated heterocycles. The second-order valence-electron chi connectivity index (χ2n) is 7.95. The molecule has 1 heterocycles. The van der Waals surface area contributed by atoms with Gasteiger partial charge in [-0.05, 0) is 60.4 Å². The van der Waals surface area contributed by atoms with Gasteiger partial charge in [0, 0.05) is 22.5 Å². The summed E-state index contributed by atoms with van der Waals surface area (Å²) in [5, 5.41) is 2.52. The first-order chi connectivity index (χ1) is 15.2. The Balaban J connectivity index is 1.99. The van der Waals surface area contributed by atoms with Gasteiger partial charge in [0.15, 0.2) is 0 Å². The third-order valence-electron chi connectivity index (χ3n) is 6.00. The quantitative estimate of drug-likeness (QED) is 0.301. The van der Waals surface area contributed by atoms with Crippen LogP contribution in [-0.2, 0) is 0 Å². The number of hydrogen-bond donors (Lipinski definition) is 0. The van der Waals surface area contributed by atoms with Crippen LogP contribution in [0.5, 0.6) is 5.75 Å². The number of hydrogen-bond acceptors (Lipinski definition) is 1. The number of benzene rings is 4. The molecule has 152 valence electrons. The Hall–Kier alpha value is -3.78. The third kappa shape index (κ3) is 3.30. The summed E-state index contributed by atoms with van der Waals surface area (Å²) in [6.45, 7) is 4.38. The molecule has 0 fully saturated rings. The van der Waals surface area contributed by atoms with Crippen LogP contribution in [0.25, 0.3) is 39.0 Å². The summed E-state index contributed by atoms with van der Waals surface area (Å²) in [4.78, 5) is 0. The van der Waals surface area contributed by atoms with Crippen LogP contribution in [0.4, 0.5) is 0 Å². The van der Waals surface area contributed by atoms with Gasteiger partial charge in [-0.25, -0.2) is 0 Å². The zero-order chi connectivity index (χ0) is 21.4. The van der Waals surface area contributed by atoms with Gasteiger partial charge in [-0.1, -0.05) is 66.7 Å². The predicted octanol–water partition coefficient (Wildman–Crippen LogP) is 7.59. The van der Waals surface area contributed by atoms with Crippen molar-refractivity contribution in [2.45, 2.75) is 13.8 Å². The zero-order valence-corrected chi connectivity index (χ0v) is 18.1. The lowest BCUT2D eigenvalue weighted by Gasteiger charge is -2.15. The molecule has 5 aromatic rings. The number of ether oxygens (including phenoxy) is 1. The second-order valence-corrected chi connectivity index (χ2v) is 7.95. The van der Waals surface area contributed by atoms with E-state index in [0.29, 0.717) is 0 Å². The smallest absolute Gasteiger partial charge is 0.120 e. The summed E-state index contributed by atoms with van der Waals surface area (Å²) in [7, 11) is 1.72. The van der Waals surface area contributed by atoms with Gasteiger partial charge >= 0.3 is 0 Å². The Bertz CT molecular complexity index is 1280. The molecule has 0 aliphatic heterocycles. The van der Waals surface area contributed by atoms with Gasteiger partial charge in [-0.3, -0.25) is 0 Å². The number of aromatic nitrogens is 1. The van der Waals surface area contributed by atoms with Crippen LogP contribution >= 0.6 is 0 Å². The molecule has 0 bridgehead atoms. The highest BCUT2D eigenvalue weighted by Crippen LogP contribution is 2.42. The van der Waals surface area contributed by atoms with Gasteiger partial charge in [0.05, 0.1) is 18.5 Å². The summed E-state index contributed by atoms with van der Waals surface area (Å²) in [5.41, 5.74) is 8.47. The van der Waals surface area contributed by atoms with E-state index in [1.54, 1.807) is 7.11 Å². The zero-order valence-electron chi connectivity index (χ0n) is 18.1. The fourth-order valence-corrected chi connectivity index (χ4v) is 4.33. The molecule has 5 rings (SSSR count). The maximum absolute atomic E-state index is 5.57. The van der Waals surface area contributed by atoms with Gasteiger partial charge in [-0.2, -0.15) is 0 Å². The number of nitrogens with zero attached hydrogens (tertiary/aromatic N) is 1. The van der Waals surface area contributed by atoms with Crippen LogP contribution in [0.2, 0.25) is 0 Å². The summed E-state index contributed by atoms with van der Waals surface area (Å²) < 4.78 is 7.95. The number of rotatable bonds is 4. The van der Waals surface area contributed by atoms with Crippen LogP contribution in [0.15, 0.2) is 97.1 Å². The molecular formula is C29H25NO. The van der Waals surface area contributed by atoms with Gasteiger partial charge in [0.1, 0.15) is 5.75 Å². The summed E-state index contributed by atoms with van der Waals surface area (Å²) in [6, 6.07) is 34.3. The van der Waals surface area contributed by atoms with Crippen molar-refractivity contribution >= 4 is 10.8 Å². The van der Waals surface area contributed by atoms with E-state index in [9.17, 15) is 0 Å². The van der Waals surface area contributed by atoms with Crippen LogP contribution in [-0.4, -0.2) is 11.7 Å². The summed E-state index contributed by atoms with van der Waals surface area (Å²) in [6.07, 6.45) is 0. The van der Waals surface area contributed by atoms with E-state index in [1.165, 1.54) is 44.4 Å². The van der Waals surface area contributed by atoms with Crippen molar-refractivity contribution in [3.63, 3.8) is 0 Å². The Morgan fingerprint density at radius 1 is 0.581 bits per heavy atom. The molecule has 0 N–H and O–H groups in total. The minimum atomic E-state index is 0.848. The summed E-state index contributed by atoms with van der Waals surface area (Å²) >= 11 is 0. The van der Waals surface area contributed by atoms with Crippen molar-refractivity contribution in [1.29, 1.82) is 0 Å². The van der Waals surface area contributed by atoms with E-state index in [-0.39, 0.29) is 0 Å². The number of fused-ring (bicyclic) bond motifs is 1. The average Bonchev–Trinajstić information content (AvgIpc) is 3.14. The molecule has 0 unspecified atom stereocenters. The Labute approximate surface area is 183 Å². The van der Waals surface area contributed by atoms with E-state index in [2.05, 4.69) is 109 Å². The van der Waals surface area contributed by atoms with E-state index in [0.717, 1.165) is 11.4 Å². The molecule has 0 atom stereocenters. The number of methoxy groups -OCH3 is 1. The lowest BCUT2D eigenvalue weighted by atomic mass is 9.99. The van der Waals surface area contributed by atoms with Crippen molar-refractivity contribution in [3.05, 3.63) is 108 Å². The van der Waals surface area contributed by atoms with Crippen LogP contribution in [0, 0.1) is 13.8 Å². The average molecular weight is 404 g/mol. The van der Waals surface area contributed by atoms with Crippen molar-refractivity contribution in [2.24, 2.45) is 0 Å². The first-order valence-corrected chi connectivity index (χ1v) is 10.6. The molecule has 0 aliphatic carbocycles. The van der Waals surface area contributed by atoms with E-state index in [1.807, 2.05) is 6.07 Å². The molecule has 0 saturated carbocycles. The van der Waals surface area contributed by atoms with Crippen LogP contribution in [0.1, 0.15) is 11.1 Å². The maximum atomic E-state index is 5.57. The molecule has 1 aromatic heterocycles. The van der Waals surface area contributed by atoms with E-state index in [4.69, 9.17) is 4.74 Å². The fraction of sp³-hybridized carbons (Fsp3) is 0.103. The van der Waals surface area contributed by atoms with Gasteiger partial charge < -0.3 is 9.30 Å². The predicted molar refractivity (Wildman–Crippen MR) is 130 cm³/mol. The minimum absolute atomic E-state index is 0.848. The van der Waals surface area contributed by atoms with Crippen LogP contribution in [0.3, 0.4) is 0 Å². The van der Waals surface area contributed by atoms with Crippen molar-refractivity contribution in [3.8, 4) is 34.0 Å². The van der Waals surface area contributed by atoms with Gasteiger partial charge in [0.25, 0.3) is 0 Å². The molecule has 31 heavy (non-hydrogen) atoms. The van der Waals surface area contributed by atoms with Crippen molar-refractivity contribution in [1.82, 2.24) is 4.57 Å². The molecule has 2 heteroatoms. The highest BCUT2D eigenvalue weighted by molar-refractivity contribution is 6.07. The first-order valence-electron chi connectivity index (χ1n) is 10.6. The molecule has 0 radical (unpaired) electrons. The summed E-state index contributed by atoms with van der Waals surface area (Å²) in [5.74, 6) is 0.848. The maximum Gasteiger partial charge on any atom is 0.120 e. The van der Waals surface area contributed by atoms with Crippen molar-refractivity contribution in [2.75, 3.05) is 7.11 Å². The topological polar surface area (TPSA) is 14.2 Å². The molecular weight excluding hydrogens is 378 g/mol. The van der Waals surface area contributed by atoms with Crippen molar-refractivity contribution < 1.29 is 4.74 Å². The molecule has 2 nitrogen and oxygen atoms in total. The third-order valence-corrected chi connectivity index (χ3v) is 6.00. The first kappa shape index (κ1) is 19.2. The minimum Gasteiger partial charge on any atom is -0.497 e. The Morgan fingerprint density at radius 3 is 1.58 bits per heavy atom. The van der Waals surface area contributed by atoms with Crippen LogP contribution < -0.4 is 4.74 Å². The highest BCUT2D eigenvalue weighted by Gasteiger charge is 2.21. The standard InChI is InChI=1S/C29H25NO/c1-20-17-26-27(18-21(20)2)29(23-13-8-5-9-14-23)30(24-15-10-16-25(19-24)31-3)28(26)22-11-6-4-7-12-22/h4-19H,1-3H3. The SMILES string of the molecule is COc1cccc(-n2c(-c3ccccc3)c3cc(C)c(C)cc3c2-c2ccccc2)c1.